The second-order valence-corrected chi connectivity index (χ2v) is 38.3. The van der Waals surface area contributed by atoms with E-state index in [-0.39, 0.29) is 136 Å². The number of imide groups is 1. The summed E-state index contributed by atoms with van der Waals surface area (Å²) in [6.45, 7) is 23.7. The van der Waals surface area contributed by atoms with Crippen molar-refractivity contribution in [3.05, 3.63) is 106 Å². The molecule has 11 amide bonds. The standard InChI is InChI=1S/C101H159N15O28S/c1-12-72(6)92(84(129-10)65-88(120)114-32-17-21-83(114)94(130-11)73(7)95(123)107-82(99-103-31-61-145-99)62-74-18-14-13-15-19-74)112(8)100(127)91(71(4)5)109-98(126)93-75-23-25-80(64-75)116(93,9)67-76-22-24-78(105-96(124)81(20-16-30-104-101(102)128)106-97(125)90(70(2)3)108-85(117)28-35-131-38-34-115-86(118)26-27-87(115)119)63-77(76)68-144-69-79-66-113(111-110-79)33-37-133-40-42-135-44-46-137-48-50-139-52-54-141-56-58-143-60-59-142-57-55-140-53-51-138-49-47-136-45-43-134-41-39-132-36-29-89(121)122/h13-15,18-19,22,24,26-27,31,61,63,66,70-73,75,80-84,90-94H,12,16-17,20-21,23,25,28-30,32-60,62,64-65,67-69H2,1-11H3,(H8-,102,104,105,106,107,108,109,117,121,122,123,124,125,126,128)/p+1/t72-,73+,75-,80+,81-,82-,83-,84+,90-,91-,92-,93-,94+,116?/m0/s1. The normalized spacial score (nSPS) is 18.5. The first-order chi connectivity index (χ1) is 70.0. The first kappa shape index (κ1) is 121. The number of urea groups is 1. The van der Waals surface area contributed by atoms with E-state index in [1.165, 1.54) is 23.5 Å². The van der Waals surface area contributed by atoms with Crippen molar-refractivity contribution in [2.45, 2.75) is 212 Å². The summed E-state index contributed by atoms with van der Waals surface area (Å²) in [5.74, 6) is -6.32. The molecule has 5 heterocycles. The van der Waals surface area contributed by atoms with Crippen LogP contribution in [0.1, 0.15) is 153 Å². The van der Waals surface area contributed by atoms with E-state index in [2.05, 4.69) is 54.2 Å². The maximum Gasteiger partial charge on any atom is 0.312 e. The van der Waals surface area contributed by atoms with Crippen LogP contribution >= 0.6 is 11.3 Å². The quantitative estimate of drug-likeness (QED) is 0.0161. The van der Waals surface area contributed by atoms with Gasteiger partial charge in [0.15, 0.2) is 6.04 Å². The van der Waals surface area contributed by atoms with Crippen LogP contribution in [-0.4, -0.2) is 384 Å². The van der Waals surface area contributed by atoms with Gasteiger partial charge in [0.25, 0.3) is 17.7 Å². The number of nitrogens with two attached hydrogens (primary N) is 1. The third-order valence-corrected chi connectivity index (χ3v) is 27.2. The van der Waals surface area contributed by atoms with E-state index in [1.54, 1.807) is 69.2 Å². The Hall–Kier alpha value is -9.56. The van der Waals surface area contributed by atoms with E-state index in [0.29, 0.717) is 214 Å². The van der Waals surface area contributed by atoms with Crippen LogP contribution in [0.4, 0.5) is 10.5 Å². The number of carboxylic acid groups (broad SMARTS) is 1. The Morgan fingerprint density at radius 2 is 1.17 bits per heavy atom. The fraction of sp³-hybridized carbons (Fsp3) is 0.703. The van der Waals surface area contributed by atoms with E-state index in [4.69, 9.17) is 86.6 Å². The summed E-state index contributed by atoms with van der Waals surface area (Å²) in [5.41, 5.74) is 8.80. The van der Waals surface area contributed by atoms with Crippen molar-refractivity contribution < 1.29 is 138 Å². The van der Waals surface area contributed by atoms with Crippen LogP contribution in [0.2, 0.25) is 0 Å². The third-order valence-electron chi connectivity index (χ3n) is 26.3. The second kappa shape index (κ2) is 67.4. The highest BCUT2D eigenvalue weighted by Crippen LogP contribution is 2.49. The lowest BCUT2D eigenvalue weighted by Gasteiger charge is -2.45. The first-order valence-corrected chi connectivity index (χ1v) is 51.7. The largest absolute Gasteiger partial charge is 0.481 e. The van der Waals surface area contributed by atoms with Crippen molar-refractivity contribution in [3.8, 4) is 0 Å². The molecule has 812 valence electrons. The molecule has 9 N–H and O–H groups in total. The minimum absolute atomic E-state index is 0.00493. The van der Waals surface area contributed by atoms with Crippen LogP contribution in [0.15, 0.2) is 78.5 Å². The van der Waals surface area contributed by atoms with Crippen molar-refractivity contribution in [3.63, 3.8) is 0 Å². The molecule has 145 heavy (non-hydrogen) atoms. The van der Waals surface area contributed by atoms with Crippen LogP contribution in [-0.2, 0) is 156 Å². The zero-order valence-corrected chi connectivity index (χ0v) is 87.3. The average Bonchev–Trinajstić information content (AvgIpc) is 1.57. The predicted molar refractivity (Wildman–Crippen MR) is 533 cm³/mol. The van der Waals surface area contributed by atoms with E-state index in [1.807, 2.05) is 81.3 Å². The molecule has 2 saturated heterocycles. The van der Waals surface area contributed by atoms with Gasteiger partial charge in [0, 0.05) is 88.1 Å². The van der Waals surface area contributed by atoms with Gasteiger partial charge >= 0.3 is 12.0 Å². The molecule has 14 atom stereocenters. The average molecular weight is 2060 g/mol. The monoisotopic (exact) mass is 2060 g/mol. The summed E-state index contributed by atoms with van der Waals surface area (Å²) < 4.78 is 93.0. The molecule has 0 radical (unpaired) electrons. The lowest BCUT2D eigenvalue weighted by atomic mass is 9.89. The molecule has 3 fully saturated rings. The molecule has 1 unspecified atom stereocenters. The Labute approximate surface area is 855 Å². The minimum Gasteiger partial charge on any atom is -0.481 e. The van der Waals surface area contributed by atoms with Crippen LogP contribution in [0, 0.1) is 29.6 Å². The summed E-state index contributed by atoms with van der Waals surface area (Å²) >= 11 is 1.47. The second-order valence-electron chi connectivity index (χ2n) is 37.4. The number of piperidine rings is 1. The van der Waals surface area contributed by atoms with Gasteiger partial charge in [-0.15, -0.1) is 16.4 Å². The molecule has 2 bridgehead atoms. The fourth-order valence-corrected chi connectivity index (χ4v) is 19.1. The number of ether oxygens (including phenoxy) is 16. The van der Waals surface area contributed by atoms with Crippen molar-refractivity contribution in [2.24, 2.45) is 35.3 Å². The minimum atomic E-state index is -1.21. The SMILES string of the molecule is CC[C@H](C)[C@@H]([C@@H](CC(=O)N1CCC[C@H]1[C@H](OC)[C@@H](C)C(=O)N[C@@H](Cc1ccccc1)c1nccs1)OC)N(C)C(=O)[C@@H](NC(=O)[C@@H]1[C@H]2CC[C@H](C2)[N+]1(C)Cc1ccc(NC(=O)[C@H](CCCNC(N)=O)NC(=O)[C@@H](NC(=O)CCOCCN2C(=O)C=CC2=O)C(C)C)cc1COCc1cn(CCOCCOCCOCCOCCOCCOCCOCCOCCOCCOCCOCCOCCC(=O)O)nn1)C(C)C. The Kier molecular flexibility index (Phi) is 56.1. The predicted octanol–water partition coefficient (Wildman–Crippen LogP) is 5.13. The van der Waals surface area contributed by atoms with Crippen molar-refractivity contribution in [1.82, 2.24) is 61.3 Å². The van der Waals surface area contributed by atoms with E-state index in [9.17, 15) is 43.2 Å². The first-order valence-electron chi connectivity index (χ1n) is 50.8. The molecular formula is C101H160N15O28S+. The van der Waals surface area contributed by atoms with Crippen LogP contribution < -0.4 is 37.6 Å². The molecule has 4 aromatic rings. The number of carbonyl (C=O) groups excluding carboxylic acids is 10. The smallest absolute Gasteiger partial charge is 0.312 e. The van der Waals surface area contributed by atoms with Gasteiger partial charge in [0.2, 0.25) is 35.4 Å². The van der Waals surface area contributed by atoms with E-state index >= 15 is 9.59 Å². The number of hydrogen-bond acceptors (Lipinski definition) is 31. The van der Waals surface area contributed by atoms with E-state index in [0.717, 1.165) is 40.3 Å². The molecule has 8 rings (SSSR count). The zero-order chi connectivity index (χ0) is 105. The number of fused-ring (bicyclic) bond motifs is 2. The maximum atomic E-state index is 15.7. The van der Waals surface area contributed by atoms with Crippen molar-refractivity contribution >= 4 is 82.2 Å². The number of anilines is 1. The molecule has 3 aliphatic heterocycles. The Morgan fingerprint density at radius 1 is 0.614 bits per heavy atom. The Bertz CT molecular complexity index is 4510. The molecule has 0 spiro atoms. The number of hydrogen-bond donors (Lipinski definition) is 8. The third kappa shape index (κ3) is 42.2. The Balaban J connectivity index is 0.825. The number of thiazole rings is 1. The van der Waals surface area contributed by atoms with Gasteiger partial charge in [0.05, 0.1) is 266 Å². The number of carboxylic acids is 1. The molecular weight excluding hydrogens is 1900 g/mol. The summed E-state index contributed by atoms with van der Waals surface area (Å²) in [7, 11) is 6.93. The van der Waals surface area contributed by atoms with Gasteiger partial charge in [-0.3, -0.25) is 52.8 Å². The van der Waals surface area contributed by atoms with Gasteiger partial charge < -0.3 is 133 Å². The van der Waals surface area contributed by atoms with Gasteiger partial charge in [-0.25, -0.2) is 14.5 Å². The van der Waals surface area contributed by atoms with Gasteiger partial charge in [-0.1, -0.05) is 96.5 Å². The van der Waals surface area contributed by atoms with Crippen molar-refractivity contribution in [1.29, 1.82) is 0 Å². The number of aromatic nitrogens is 4. The number of aliphatic carboxylic acids is 1. The summed E-state index contributed by atoms with van der Waals surface area (Å²) in [5, 5.41) is 37.7. The van der Waals surface area contributed by atoms with E-state index < -0.39 is 102 Å². The summed E-state index contributed by atoms with van der Waals surface area (Å²) in [6.07, 6.45) is 9.26. The van der Waals surface area contributed by atoms with Gasteiger partial charge in [-0.2, -0.15) is 0 Å². The number of likely N-dealkylation sites (N-methyl/N-ethyl adjacent to an activating group) is 2. The number of carbonyl (C=O) groups is 11. The molecule has 1 saturated carbocycles. The molecule has 43 nitrogen and oxygen atoms in total. The fourth-order valence-electron chi connectivity index (χ4n) is 18.4. The van der Waals surface area contributed by atoms with Crippen LogP contribution in [0.5, 0.6) is 0 Å². The number of rotatable bonds is 80. The molecule has 1 aliphatic carbocycles. The number of nitrogens with zero attached hydrogens (tertiary/aromatic N) is 8. The summed E-state index contributed by atoms with van der Waals surface area (Å²) in [6, 6.07) is 9.28. The summed E-state index contributed by atoms with van der Waals surface area (Å²) in [4.78, 5) is 158. The number of primary amides is 1. The zero-order valence-electron chi connectivity index (χ0n) is 86.5. The number of likely N-dealkylation sites (tertiary alicyclic amines) is 2. The number of amides is 11. The molecule has 44 heteroatoms. The molecule has 4 aliphatic rings. The van der Waals surface area contributed by atoms with Crippen LogP contribution in [0.3, 0.4) is 0 Å². The highest BCUT2D eigenvalue weighted by molar-refractivity contribution is 7.09. The Morgan fingerprint density at radius 3 is 1.71 bits per heavy atom. The topological polar surface area (TPSA) is 507 Å². The number of nitrogens with one attached hydrogen (secondary N) is 6. The molecule has 2 aromatic carbocycles. The number of methoxy groups -OCH3 is 2. The highest BCUT2D eigenvalue weighted by atomic mass is 32.1. The maximum absolute atomic E-state index is 15.7. The van der Waals surface area contributed by atoms with Gasteiger partial charge in [-0.05, 0) is 86.0 Å². The lowest BCUT2D eigenvalue weighted by Crippen LogP contribution is -2.64. The van der Waals surface area contributed by atoms with Crippen LogP contribution in [0.25, 0.3) is 0 Å². The number of benzene rings is 2. The highest BCUT2D eigenvalue weighted by Gasteiger charge is 2.60. The van der Waals surface area contributed by atoms with Crippen molar-refractivity contribution in [2.75, 3.05) is 225 Å². The lowest BCUT2D eigenvalue weighted by molar-refractivity contribution is -0.952. The van der Waals surface area contributed by atoms with Gasteiger partial charge in [0.1, 0.15) is 35.4 Å². The molecule has 2 aromatic heterocycles. The number of quaternary nitrogens is 1.